The van der Waals surface area contributed by atoms with Gasteiger partial charge >= 0.3 is 0 Å². The van der Waals surface area contributed by atoms with Crippen molar-refractivity contribution in [3.63, 3.8) is 0 Å². The second kappa shape index (κ2) is 4.07. The Labute approximate surface area is 99.6 Å². The van der Waals surface area contributed by atoms with Crippen LogP contribution >= 0.6 is 11.6 Å². The van der Waals surface area contributed by atoms with Gasteiger partial charge in [-0.2, -0.15) is 0 Å². The van der Waals surface area contributed by atoms with E-state index in [4.69, 9.17) is 21.8 Å². The Morgan fingerprint density at radius 1 is 1.38 bits per heavy atom. The zero-order chi connectivity index (χ0) is 11.9. The van der Waals surface area contributed by atoms with E-state index < -0.39 is 0 Å². The van der Waals surface area contributed by atoms with Crippen molar-refractivity contribution in [1.82, 2.24) is 4.98 Å². The minimum Gasteiger partial charge on any atom is -0.440 e. The lowest BCUT2D eigenvalue weighted by Gasteiger charge is -2.10. The van der Waals surface area contributed by atoms with Gasteiger partial charge in [0.1, 0.15) is 5.52 Å². The van der Waals surface area contributed by atoms with E-state index in [0.717, 1.165) is 16.7 Å². The number of hydrogen-bond donors (Lipinski definition) is 1. The first-order chi connectivity index (χ1) is 7.49. The van der Waals surface area contributed by atoms with Crippen molar-refractivity contribution in [2.24, 2.45) is 5.73 Å². The fourth-order valence-corrected chi connectivity index (χ4v) is 1.86. The van der Waals surface area contributed by atoms with Crippen LogP contribution in [-0.2, 0) is 0 Å². The van der Waals surface area contributed by atoms with E-state index in [1.165, 1.54) is 0 Å². The molecule has 0 saturated carbocycles. The number of oxazole rings is 1. The maximum atomic E-state index is 5.97. The predicted octanol–water partition coefficient (Wildman–Crippen LogP) is 3.24. The average Bonchev–Trinajstić information content (AvgIpc) is 2.60. The van der Waals surface area contributed by atoms with E-state index in [-0.39, 0.29) is 12.0 Å². The van der Waals surface area contributed by atoms with Gasteiger partial charge in [-0.25, -0.2) is 4.98 Å². The monoisotopic (exact) mass is 238 g/mol. The topological polar surface area (TPSA) is 52.0 Å². The number of aromatic nitrogens is 1. The van der Waals surface area contributed by atoms with E-state index >= 15 is 0 Å². The third kappa shape index (κ3) is 1.93. The van der Waals surface area contributed by atoms with Crippen molar-refractivity contribution in [2.45, 2.75) is 32.7 Å². The molecule has 0 aliphatic carbocycles. The van der Waals surface area contributed by atoms with Gasteiger partial charge < -0.3 is 10.2 Å². The van der Waals surface area contributed by atoms with Gasteiger partial charge in [-0.15, -0.1) is 0 Å². The molecule has 0 aliphatic heterocycles. The molecule has 1 aromatic heterocycles. The lowest BCUT2D eigenvalue weighted by molar-refractivity contribution is 0.450. The Morgan fingerprint density at radius 3 is 2.69 bits per heavy atom. The minimum absolute atomic E-state index is 0.0174. The van der Waals surface area contributed by atoms with Gasteiger partial charge in [0.25, 0.3) is 0 Å². The Hall–Kier alpha value is -1.06. The smallest absolute Gasteiger partial charge is 0.199 e. The molecule has 0 aliphatic rings. The number of rotatable bonds is 2. The summed E-state index contributed by atoms with van der Waals surface area (Å²) in [6.45, 7) is 5.91. The molecule has 4 heteroatoms. The van der Waals surface area contributed by atoms with Crippen LogP contribution in [0.25, 0.3) is 11.1 Å². The molecular weight excluding hydrogens is 224 g/mol. The first-order valence-electron chi connectivity index (χ1n) is 5.31. The molecule has 1 heterocycles. The Kier molecular flexibility index (Phi) is 2.91. The van der Waals surface area contributed by atoms with Crippen LogP contribution in [0.5, 0.6) is 0 Å². The SMILES string of the molecule is Cc1cc(Cl)cc2nc(C(C)C(C)N)oc12. The van der Waals surface area contributed by atoms with Gasteiger partial charge in [-0.1, -0.05) is 18.5 Å². The minimum atomic E-state index is 0.0174. The van der Waals surface area contributed by atoms with Crippen LogP contribution in [0.3, 0.4) is 0 Å². The quantitative estimate of drug-likeness (QED) is 0.874. The Balaban J connectivity index is 2.56. The Bertz CT molecular complexity index is 519. The second-order valence-corrected chi connectivity index (χ2v) is 4.71. The second-order valence-electron chi connectivity index (χ2n) is 4.27. The fraction of sp³-hybridized carbons (Fsp3) is 0.417. The van der Waals surface area contributed by atoms with Crippen molar-refractivity contribution in [1.29, 1.82) is 0 Å². The maximum absolute atomic E-state index is 5.97. The van der Waals surface area contributed by atoms with Crippen LogP contribution in [-0.4, -0.2) is 11.0 Å². The molecule has 1 aromatic carbocycles. The lowest BCUT2D eigenvalue weighted by atomic mass is 10.1. The van der Waals surface area contributed by atoms with E-state index in [2.05, 4.69) is 4.98 Å². The summed E-state index contributed by atoms with van der Waals surface area (Å²) in [5.41, 5.74) is 8.43. The lowest BCUT2D eigenvalue weighted by Crippen LogP contribution is -2.22. The molecule has 2 aromatic rings. The van der Waals surface area contributed by atoms with Crippen LogP contribution < -0.4 is 5.73 Å². The van der Waals surface area contributed by atoms with E-state index in [1.54, 1.807) is 0 Å². The van der Waals surface area contributed by atoms with Crippen molar-refractivity contribution in [2.75, 3.05) is 0 Å². The number of nitrogens with two attached hydrogens (primary N) is 1. The van der Waals surface area contributed by atoms with E-state index in [9.17, 15) is 0 Å². The molecule has 0 bridgehead atoms. The molecule has 2 rings (SSSR count). The summed E-state index contributed by atoms with van der Waals surface area (Å²) < 4.78 is 5.73. The molecule has 2 N–H and O–H groups in total. The summed E-state index contributed by atoms with van der Waals surface area (Å²) in [6.07, 6.45) is 0. The largest absolute Gasteiger partial charge is 0.440 e. The highest BCUT2D eigenvalue weighted by atomic mass is 35.5. The van der Waals surface area contributed by atoms with Crippen molar-refractivity contribution < 1.29 is 4.42 Å². The molecular formula is C12H15ClN2O. The highest BCUT2D eigenvalue weighted by Crippen LogP contribution is 2.27. The van der Waals surface area contributed by atoms with Crippen LogP contribution in [0.15, 0.2) is 16.5 Å². The number of hydrogen-bond acceptors (Lipinski definition) is 3. The average molecular weight is 239 g/mol. The first kappa shape index (κ1) is 11.4. The number of nitrogens with zero attached hydrogens (tertiary/aromatic N) is 1. The molecule has 0 spiro atoms. The highest BCUT2D eigenvalue weighted by Gasteiger charge is 2.18. The first-order valence-corrected chi connectivity index (χ1v) is 5.69. The summed E-state index contributed by atoms with van der Waals surface area (Å²) in [7, 11) is 0. The van der Waals surface area contributed by atoms with Gasteiger partial charge in [0.2, 0.25) is 0 Å². The summed E-state index contributed by atoms with van der Waals surface area (Å²) >= 11 is 5.97. The van der Waals surface area contributed by atoms with E-state index in [0.29, 0.717) is 10.9 Å². The number of fused-ring (bicyclic) bond motifs is 1. The summed E-state index contributed by atoms with van der Waals surface area (Å²) in [4.78, 5) is 4.42. The highest BCUT2D eigenvalue weighted by molar-refractivity contribution is 6.31. The molecule has 0 saturated heterocycles. The molecule has 0 amide bonds. The van der Waals surface area contributed by atoms with Crippen LogP contribution in [0.2, 0.25) is 5.02 Å². The molecule has 86 valence electrons. The number of benzene rings is 1. The zero-order valence-electron chi connectivity index (χ0n) is 9.62. The van der Waals surface area contributed by atoms with Gasteiger partial charge in [-0.3, -0.25) is 0 Å². The molecule has 2 unspecified atom stereocenters. The summed E-state index contributed by atoms with van der Waals surface area (Å²) in [5, 5.41) is 0.679. The van der Waals surface area contributed by atoms with Crippen molar-refractivity contribution >= 4 is 22.7 Å². The molecule has 16 heavy (non-hydrogen) atoms. The van der Waals surface area contributed by atoms with Gasteiger partial charge in [0.15, 0.2) is 11.5 Å². The van der Waals surface area contributed by atoms with Crippen LogP contribution in [0.1, 0.15) is 31.2 Å². The van der Waals surface area contributed by atoms with E-state index in [1.807, 2.05) is 32.9 Å². The third-order valence-corrected chi connectivity index (χ3v) is 3.05. The third-order valence-electron chi connectivity index (χ3n) is 2.84. The van der Waals surface area contributed by atoms with Crippen LogP contribution in [0, 0.1) is 6.92 Å². The van der Waals surface area contributed by atoms with Crippen molar-refractivity contribution in [3.8, 4) is 0 Å². The predicted molar refractivity (Wildman–Crippen MR) is 65.8 cm³/mol. The zero-order valence-corrected chi connectivity index (χ0v) is 10.4. The fourth-order valence-electron chi connectivity index (χ4n) is 1.59. The summed E-state index contributed by atoms with van der Waals surface area (Å²) in [6, 6.07) is 3.70. The van der Waals surface area contributed by atoms with Gasteiger partial charge in [0.05, 0.1) is 0 Å². The molecule has 2 atom stereocenters. The Morgan fingerprint density at radius 2 is 2.06 bits per heavy atom. The molecule has 0 radical (unpaired) electrons. The van der Waals surface area contributed by atoms with Crippen molar-refractivity contribution in [3.05, 3.63) is 28.6 Å². The molecule has 3 nitrogen and oxygen atoms in total. The maximum Gasteiger partial charge on any atom is 0.199 e. The van der Waals surface area contributed by atoms with Gasteiger partial charge in [0, 0.05) is 17.0 Å². The standard InChI is InChI=1S/C12H15ClN2O/c1-6-4-9(13)5-10-11(6)16-12(15-10)7(2)8(3)14/h4-5,7-8H,14H2,1-3H3. The summed E-state index contributed by atoms with van der Waals surface area (Å²) in [5.74, 6) is 0.779. The number of halogens is 1. The van der Waals surface area contributed by atoms with Gasteiger partial charge in [-0.05, 0) is 31.5 Å². The van der Waals surface area contributed by atoms with Crippen LogP contribution in [0.4, 0.5) is 0 Å². The number of aryl methyl sites for hydroxylation is 1. The molecule has 0 fully saturated rings. The normalized spacial score (nSPS) is 15.3.